The second-order valence-corrected chi connectivity index (χ2v) is 11.5. The number of anilines is 1. The largest absolute Gasteiger partial charge is 0.504 e. The molecule has 0 saturated carbocycles. The van der Waals surface area contributed by atoms with Crippen LogP contribution in [0.25, 0.3) is 0 Å². The van der Waals surface area contributed by atoms with Gasteiger partial charge in [0.05, 0.1) is 18.8 Å². The average Bonchev–Trinajstić information content (AvgIpc) is 3.41. The van der Waals surface area contributed by atoms with Gasteiger partial charge in [0.15, 0.2) is 11.6 Å². The van der Waals surface area contributed by atoms with E-state index in [2.05, 4.69) is 67.9 Å². The summed E-state index contributed by atoms with van der Waals surface area (Å²) in [5, 5.41) is 16.9. The predicted molar refractivity (Wildman–Crippen MR) is 157 cm³/mol. The van der Waals surface area contributed by atoms with Crippen molar-refractivity contribution in [2.45, 2.75) is 45.4 Å². The van der Waals surface area contributed by atoms with Crippen molar-refractivity contribution in [1.82, 2.24) is 9.79 Å². The summed E-state index contributed by atoms with van der Waals surface area (Å²) in [6.45, 7) is 16.9. The fourth-order valence-corrected chi connectivity index (χ4v) is 5.31. The molecule has 2 rings (SSSR count). The molecule has 37 heavy (non-hydrogen) atoms. The van der Waals surface area contributed by atoms with Crippen molar-refractivity contribution >= 4 is 40.0 Å². The fourth-order valence-electron chi connectivity index (χ4n) is 2.97. The first-order valence-corrected chi connectivity index (χ1v) is 14.3. The van der Waals surface area contributed by atoms with Gasteiger partial charge in [0.1, 0.15) is 4.90 Å². The number of phenols is 1. The Hall–Kier alpha value is -2.94. The second kappa shape index (κ2) is 19.2. The molecule has 0 bridgehead atoms. The van der Waals surface area contributed by atoms with E-state index in [1.54, 1.807) is 30.0 Å². The second-order valence-electron chi connectivity index (χ2n) is 8.24. The van der Waals surface area contributed by atoms with Gasteiger partial charge >= 0.3 is 0 Å². The summed E-state index contributed by atoms with van der Waals surface area (Å²) in [5.41, 5.74) is 2.85. The zero-order valence-electron chi connectivity index (χ0n) is 22.3. The van der Waals surface area contributed by atoms with Gasteiger partial charge in [0.2, 0.25) is 10.0 Å². The molecular weight excluding hydrogens is 510 g/mol. The number of nitrogens with one attached hydrogen (secondary N) is 2. The van der Waals surface area contributed by atoms with Gasteiger partial charge in [-0.25, -0.2) is 8.42 Å². The minimum atomic E-state index is -3.75. The lowest BCUT2D eigenvalue weighted by Gasteiger charge is -2.18. The third-order valence-electron chi connectivity index (χ3n) is 4.42. The van der Waals surface area contributed by atoms with Gasteiger partial charge in [-0.2, -0.15) is 9.79 Å². The number of aromatic hydroxyl groups is 1. The SMILES string of the molecule is C#C.C=C/C=C(/CN=C(CNc1cccc(S(=O)(=O)N2CCCC2)c1O)NON=C)SCC.CC(C)C. The molecule has 1 saturated heterocycles. The molecule has 0 amide bonds. The normalized spacial score (nSPS) is 14.0. The van der Waals surface area contributed by atoms with Gasteiger partial charge in [0, 0.05) is 24.7 Å². The number of benzene rings is 1. The number of terminal acetylenes is 1. The Balaban J connectivity index is 0.00000196. The fraction of sp³-hybridized carbons (Fsp3) is 0.462. The van der Waals surface area contributed by atoms with Crippen LogP contribution in [0.4, 0.5) is 5.69 Å². The number of thioether (sulfide) groups is 1. The van der Waals surface area contributed by atoms with Crippen LogP contribution in [0.3, 0.4) is 0 Å². The Morgan fingerprint density at radius 2 is 1.92 bits per heavy atom. The van der Waals surface area contributed by atoms with E-state index in [9.17, 15) is 13.5 Å². The summed E-state index contributed by atoms with van der Waals surface area (Å²) in [7, 11) is -3.75. The van der Waals surface area contributed by atoms with Crippen LogP contribution in [-0.2, 0) is 15.0 Å². The summed E-state index contributed by atoms with van der Waals surface area (Å²) >= 11 is 1.65. The Bertz CT molecular complexity index is 1010. The highest BCUT2D eigenvalue weighted by Gasteiger charge is 2.30. The zero-order valence-corrected chi connectivity index (χ0v) is 23.9. The molecule has 0 atom stereocenters. The Labute approximate surface area is 227 Å². The van der Waals surface area contributed by atoms with E-state index >= 15 is 0 Å². The van der Waals surface area contributed by atoms with E-state index in [1.807, 2.05) is 13.0 Å². The van der Waals surface area contributed by atoms with E-state index in [0.29, 0.717) is 25.5 Å². The first kappa shape index (κ1) is 34.1. The van der Waals surface area contributed by atoms with Crippen LogP contribution >= 0.6 is 11.8 Å². The number of rotatable bonds is 12. The molecular formula is C26H41N5O4S2. The summed E-state index contributed by atoms with van der Waals surface area (Å²) in [5.74, 6) is 1.80. The number of para-hydroxylation sites is 1. The van der Waals surface area contributed by atoms with E-state index in [-0.39, 0.29) is 22.9 Å². The maximum Gasteiger partial charge on any atom is 0.246 e. The van der Waals surface area contributed by atoms with E-state index in [1.165, 1.54) is 10.4 Å². The van der Waals surface area contributed by atoms with Crippen LogP contribution in [0.5, 0.6) is 5.75 Å². The lowest BCUT2D eigenvalue weighted by atomic mass is 10.3. The van der Waals surface area contributed by atoms with Crippen LogP contribution in [0.2, 0.25) is 0 Å². The van der Waals surface area contributed by atoms with Crippen molar-refractivity contribution < 1.29 is 18.5 Å². The van der Waals surface area contributed by atoms with Gasteiger partial charge in [-0.05, 0) is 36.6 Å². The van der Waals surface area contributed by atoms with Crippen molar-refractivity contribution in [3.8, 4) is 18.6 Å². The monoisotopic (exact) mass is 551 g/mol. The van der Waals surface area contributed by atoms with Gasteiger partial charge in [-0.15, -0.1) is 24.6 Å². The smallest absolute Gasteiger partial charge is 0.246 e. The van der Waals surface area contributed by atoms with E-state index in [4.69, 9.17) is 4.94 Å². The van der Waals surface area contributed by atoms with Crippen LogP contribution in [0.1, 0.15) is 40.5 Å². The number of sulfonamides is 1. The van der Waals surface area contributed by atoms with Gasteiger partial charge < -0.3 is 10.4 Å². The molecule has 0 radical (unpaired) electrons. The molecule has 1 heterocycles. The van der Waals surface area contributed by atoms with Crippen LogP contribution in [0, 0.1) is 18.8 Å². The molecule has 0 aromatic heterocycles. The van der Waals surface area contributed by atoms with Gasteiger partial charge in [-0.3, -0.25) is 9.93 Å². The molecule has 9 nitrogen and oxygen atoms in total. The number of hydroxylamine groups is 1. The molecule has 1 aromatic carbocycles. The topological polar surface area (TPSA) is 116 Å². The lowest BCUT2D eigenvalue weighted by molar-refractivity contribution is 0.0945. The lowest BCUT2D eigenvalue weighted by Crippen LogP contribution is -2.30. The number of hydrogen-bond donors (Lipinski definition) is 3. The van der Waals surface area contributed by atoms with Crippen LogP contribution in [-0.4, -0.2) is 62.3 Å². The highest BCUT2D eigenvalue weighted by molar-refractivity contribution is 8.03. The highest BCUT2D eigenvalue weighted by Crippen LogP contribution is 2.33. The van der Waals surface area contributed by atoms with Gasteiger partial charge in [0.25, 0.3) is 0 Å². The Morgan fingerprint density at radius 3 is 2.46 bits per heavy atom. The molecule has 11 heteroatoms. The van der Waals surface area contributed by atoms with Crippen molar-refractivity contribution in [2.75, 3.05) is 37.2 Å². The number of nitrogens with zero attached hydrogens (tertiary/aromatic N) is 3. The summed E-state index contributed by atoms with van der Waals surface area (Å²) in [4.78, 5) is 10.2. The van der Waals surface area contributed by atoms with Crippen LogP contribution < -0.4 is 10.8 Å². The third kappa shape index (κ3) is 12.7. The molecule has 3 N–H and O–H groups in total. The molecule has 1 fully saturated rings. The zero-order chi connectivity index (χ0) is 28.3. The standard InChI is InChI=1S/C20H29N5O4S2.C4H10.C2H2/c1-4-9-16(30-5-2)14-23-19(24-29-21-3)15-22-17-10-8-11-18(20(17)26)31(27,28)25-12-6-7-13-25;1-4(2)3;1-2/h4,8-11,22,26H,1,3,5-7,12-15H2,2H3,(H,23,24);4H,1-3H3;1-2H/b16-9-;;. The predicted octanol–water partition coefficient (Wildman–Crippen LogP) is 4.86. The molecule has 206 valence electrons. The number of hydrogen-bond acceptors (Lipinski definition) is 8. The first-order chi connectivity index (χ1) is 17.7. The number of amidine groups is 1. The van der Waals surface area contributed by atoms with Crippen molar-refractivity contribution in [1.29, 1.82) is 0 Å². The van der Waals surface area contributed by atoms with E-state index in [0.717, 1.165) is 29.4 Å². The number of allylic oxidation sites excluding steroid dienone is 2. The number of phenolic OH excluding ortho intramolecular Hbond substituents is 1. The number of oxime groups is 1. The minimum absolute atomic E-state index is 0.120. The minimum Gasteiger partial charge on any atom is -0.504 e. The molecule has 1 aliphatic heterocycles. The molecule has 1 aliphatic rings. The highest BCUT2D eigenvalue weighted by atomic mass is 32.2. The Kier molecular flexibility index (Phi) is 17.7. The maximum atomic E-state index is 12.8. The Morgan fingerprint density at radius 1 is 1.30 bits per heavy atom. The third-order valence-corrected chi connectivity index (χ3v) is 7.27. The van der Waals surface area contributed by atoms with Crippen molar-refractivity contribution in [2.24, 2.45) is 16.1 Å². The summed E-state index contributed by atoms with van der Waals surface area (Å²) in [6, 6.07) is 4.58. The van der Waals surface area contributed by atoms with E-state index < -0.39 is 10.0 Å². The average molecular weight is 552 g/mol. The number of aliphatic imine (C=N–C) groups is 1. The molecule has 0 spiro atoms. The summed E-state index contributed by atoms with van der Waals surface area (Å²) < 4.78 is 27.1. The molecule has 0 aliphatic carbocycles. The van der Waals surface area contributed by atoms with Gasteiger partial charge in [-0.1, -0.05) is 57.6 Å². The van der Waals surface area contributed by atoms with Crippen molar-refractivity contribution in [3.05, 3.63) is 41.8 Å². The maximum absolute atomic E-state index is 12.8. The summed E-state index contributed by atoms with van der Waals surface area (Å²) in [6.07, 6.45) is 13.2. The molecule has 0 unspecified atom stereocenters. The van der Waals surface area contributed by atoms with Crippen molar-refractivity contribution in [3.63, 3.8) is 0 Å². The first-order valence-electron chi connectivity index (χ1n) is 11.9. The van der Waals surface area contributed by atoms with Crippen LogP contribution in [0.15, 0.2) is 56.9 Å². The molecule has 1 aromatic rings. The quantitative estimate of drug-likeness (QED) is 0.0849.